The molecule has 19 heavy (non-hydrogen) atoms. The summed E-state index contributed by atoms with van der Waals surface area (Å²) in [6, 6.07) is 7.60. The van der Waals surface area contributed by atoms with Crippen molar-refractivity contribution in [2.45, 2.75) is 19.9 Å². The highest BCUT2D eigenvalue weighted by atomic mass is 35.5. The highest BCUT2D eigenvalue weighted by Gasteiger charge is 2.19. The Hall–Kier alpha value is -1.16. The number of nitrogens with zero attached hydrogens (tertiary/aromatic N) is 2. The quantitative estimate of drug-likeness (QED) is 0.938. The Morgan fingerprint density at radius 3 is 2.53 bits per heavy atom. The molecule has 2 aromatic rings. The fourth-order valence-electron chi connectivity index (χ4n) is 2.08. The molecule has 0 aliphatic heterocycles. The lowest BCUT2D eigenvalue weighted by molar-refractivity contribution is 0.675. The van der Waals surface area contributed by atoms with Crippen LogP contribution in [0, 0.1) is 13.8 Å². The summed E-state index contributed by atoms with van der Waals surface area (Å²) in [5.41, 5.74) is 3.74. The molecule has 1 aromatic carbocycles. The fraction of sp³-hybridized carbons (Fsp3) is 0.286. The first kappa shape index (κ1) is 14.3. The first-order valence-electron chi connectivity index (χ1n) is 5.96. The van der Waals surface area contributed by atoms with Gasteiger partial charge in [0.2, 0.25) is 0 Å². The number of nitrogens with one attached hydrogen (secondary N) is 1. The molecule has 1 atom stereocenters. The lowest BCUT2D eigenvalue weighted by atomic mass is 9.97. The SMILES string of the molecule is CNC(c1cc(C)nnc1C)c1cccc(Cl)c1Cl. The van der Waals surface area contributed by atoms with E-state index in [1.54, 1.807) is 6.07 Å². The topological polar surface area (TPSA) is 37.8 Å². The van der Waals surface area contributed by atoms with Crippen LogP contribution in [0.1, 0.15) is 28.6 Å². The van der Waals surface area contributed by atoms with E-state index in [4.69, 9.17) is 23.2 Å². The molecule has 1 unspecified atom stereocenters. The molecule has 0 fully saturated rings. The monoisotopic (exact) mass is 295 g/mol. The minimum atomic E-state index is -0.0552. The fourth-order valence-corrected chi connectivity index (χ4v) is 2.50. The van der Waals surface area contributed by atoms with Gasteiger partial charge in [0.05, 0.1) is 27.5 Å². The predicted molar refractivity (Wildman–Crippen MR) is 78.9 cm³/mol. The Morgan fingerprint density at radius 1 is 1.11 bits per heavy atom. The Balaban J connectivity index is 2.56. The summed E-state index contributed by atoms with van der Waals surface area (Å²) >= 11 is 12.4. The van der Waals surface area contributed by atoms with Crippen molar-refractivity contribution in [3.63, 3.8) is 0 Å². The molecule has 0 aliphatic carbocycles. The predicted octanol–water partition coefficient (Wildman–Crippen LogP) is 3.71. The second kappa shape index (κ2) is 5.87. The van der Waals surface area contributed by atoms with Crippen LogP contribution in [0.15, 0.2) is 24.3 Å². The molecule has 3 nitrogen and oxygen atoms in total. The number of hydrogen-bond acceptors (Lipinski definition) is 3. The summed E-state index contributed by atoms with van der Waals surface area (Å²) in [4.78, 5) is 0. The molecule has 0 radical (unpaired) electrons. The molecular weight excluding hydrogens is 281 g/mol. The Labute approximate surface area is 123 Å². The van der Waals surface area contributed by atoms with Crippen molar-refractivity contribution in [3.8, 4) is 0 Å². The molecule has 1 N–H and O–H groups in total. The molecule has 0 amide bonds. The summed E-state index contributed by atoms with van der Waals surface area (Å²) in [5.74, 6) is 0. The standard InChI is InChI=1S/C14H15Cl2N3/c1-8-7-11(9(2)19-18-8)14(17-3)10-5-4-6-12(15)13(10)16/h4-7,14,17H,1-3H3. The Bertz CT molecular complexity index is 597. The first-order valence-corrected chi connectivity index (χ1v) is 6.72. The van der Waals surface area contributed by atoms with Gasteiger partial charge in [0.15, 0.2) is 0 Å². The zero-order valence-corrected chi connectivity index (χ0v) is 12.5. The van der Waals surface area contributed by atoms with Crippen LogP contribution in [-0.4, -0.2) is 17.2 Å². The molecule has 100 valence electrons. The lowest BCUT2D eigenvalue weighted by Gasteiger charge is -2.20. The maximum Gasteiger partial charge on any atom is 0.0651 e. The summed E-state index contributed by atoms with van der Waals surface area (Å²) in [6.07, 6.45) is 0. The third-order valence-corrected chi connectivity index (χ3v) is 3.87. The summed E-state index contributed by atoms with van der Waals surface area (Å²) in [7, 11) is 1.89. The van der Waals surface area contributed by atoms with E-state index >= 15 is 0 Å². The van der Waals surface area contributed by atoms with Crippen LogP contribution < -0.4 is 5.32 Å². The zero-order valence-electron chi connectivity index (χ0n) is 11.0. The number of halogens is 2. The van der Waals surface area contributed by atoms with Crippen molar-refractivity contribution in [1.29, 1.82) is 0 Å². The van der Waals surface area contributed by atoms with Crippen LogP contribution in [0.3, 0.4) is 0 Å². The van der Waals surface area contributed by atoms with Crippen molar-refractivity contribution in [2.75, 3.05) is 7.05 Å². The highest BCUT2D eigenvalue weighted by molar-refractivity contribution is 6.42. The van der Waals surface area contributed by atoms with Gasteiger partial charge in [0.25, 0.3) is 0 Å². The molecule has 1 heterocycles. The average molecular weight is 296 g/mol. The third-order valence-electron chi connectivity index (χ3n) is 3.03. The number of aryl methyl sites for hydroxylation is 2. The maximum absolute atomic E-state index is 6.30. The normalized spacial score (nSPS) is 12.5. The van der Waals surface area contributed by atoms with E-state index in [0.29, 0.717) is 10.0 Å². The first-order chi connectivity index (χ1) is 9.04. The van der Waals surface area contributed by atoms with Gasteiger partial charge in [0.1, 0.15) is 0 Å². The van der Waals surface area contributed by atoms with E-state index in [2.05, 4.69) is 15.5 Å². The molecule has 2 rings (SSSR count). The van der Waals surface area contributed by atoms with Crippen LogP contribution in [0.4, 0.5) is 0 Å². The van der Waals surface area contributed by atoms with Gasteiger partial charge >= 0.3 is 0 Å². The van der Waals surface area contributed by atoms with Crippen molar-refractivity contribution in [3.05, 3.63) is 56.8 Å². The molecule has 0 saturated carbocycles. The van der Waals surface area contributed by atoms with Gasteiger partial charge < -0.3 is 5.32 Å². The second-order valence-electron chi connectivity index (χ2n) is 4.39. The van der Waals surface area contributed by atoms with E-state index in [9.17, 15) is 0 Å². The summed E-state index contributed by atoms with van der Waals surface area (Å²) < 4.78 is 0. The van der Waals surface area contributed by atoms with Crippen molar-refractivity contribution in [1.82, 2.24) is 15.5 Å². The Morgan fingerprint density at radius 2 is 1.84 bits per heavy atom. The number of benzene rings is 1. The van der Waals surface area contributed by atoms with E-state index in [0.717, 1.165) is 22.5 Å². The summed E-state index contributed by atoms with van der Waals surface area (Å²) in [6.45, 7) is 3.85. The van der Waals surface area contributed by atoms with Crippen molar-refractivity contribution < 1.29 is 0 Å². The van der Waals surface area contributed by atoms with Gasteiger partial charge in [-0.25, -0.2) is 0 Å². The minimum absolute atomic E-state index is 0.0552. The van der Waals surface area contributed by atoms with E-state index in [1.807, 2.05) is 39.1 Å². The molecule has 0 spiro atoms. The average Bonchev–Trinajstić information content (AvgIpc) is 2.39. The summed E-state index contributed by atoms with van der Waals surface area (Å²) in [5, 5.41) is 12.6. The number of aromatic nitrogens is 2. The molecule has 0 saturated heterocycles. The number of rotatable bonds is 3. The maximum atomic E-state index is 6.30. The second-order valence-corrected chi connectivity index (χ2v) is 5.18. The third kappa shape index (κ3) is 2.89. The van der Waals surface area contributed by atoms with Crippen LogP contribution in [0.2, 0.25) is 10.0 Å². The molecule has 5 heteroatoms. The van der Waals surface area contributed by atoms with Crippen LogP contribution in [0.25, 0.3) is 0 Å². The van der Waals surface area contributed by atoms with Gasteiger partial charge in [-0.05, 0) is 44.2 Å². The van der Waals surface area contributed by atoms with Gasteiger partial charge in [-0.15, -0.1) is 0 Å². The van der Waals surface area contributed by atoms with Crippen molar-refractivity contribution in [2.24, 2.45) is 0 Å². The van der Waals surface area contributed by atoms with E-state index in [-0.39, 0.29) is 6.04 Å². The largest absolute Gasteiger partial charge is 0.309 e. The van der Waals surface area contributed by atoms with Crippen LogP contribution >= 0.6 is 23.2 Å². The number of hydrogen-bond donors (Lipinski definition) is 1. The molecule has 0 bridgehead atoms. The van der Waals surface area contributed by atoms with Gasteiger partial charge in [-0.1, -0.05) is 35.3 Å². The molecule has 1 aromatic heterocycles. The van der Waals surface area contributed by atoms with Crippen molar-refractivity contribution >= 4 is 23.2 Å². The van der Waals surface area contributed by atoms with Crippen LogP contribution in [0.5, 0.6) is 0 Å². The highest BCUT2D eigenvalue weighted by Crippen LogP contribution is 2.33. The zero-order chi connectivity index (χ0) is 14.0. The van der Waals surface area contributed by atoms with Crippen LogP contribution in [-0.2, 0) is 0 Å². The smallest absolute Gasteiger partial charge is 0.0651 e. The van der Waals surface area contributed by atoms with Gasteiger partial charge in [-0.3, -0.25) is 0 Å². The minimum Gasteiger partial charge on any atom is -0.309 e. The molecule has 0 aliphatic rings. The lowest BCUT2D eigenvalue weighted by Crippen LogP contribution is -2.20. The van der Waals surface area contributed by atoms with E-state index in [1.165, 1.54) is 0 Å². The molecular formula is C14H15Cl2N3. The van der Waals surface area contributed by atoms with Gasteiger partial charge in [0, 0.05) is 0 Å². The Kier molecular flexibility index (Phi) is 4.40. The van der Waals surface area contributed by atoms with Gasteiger partial charge in [-0.2, -0.15) is 10.2 Å². The van der Waals surface area contributed by atoms with E-state index < -0.39 is 0 Å².